The first-order valence-corrected chi connectivity index (χ1v) is 5.59. The second-order valence-corrected chi connectivity index (χ2v) is 4.27. The summed E-state index contributed by atoms with van der Waals surface area (Å²) in [5.74, 6) is -0.643. The fourth-order valence-electron chi connectivity index (χ4n) is 1.86. The van der Waals surface area contributed by atoms with Crippen LogP contribution in [0.1, 0.15) is 32.6 Å². The lowest BCUT2D eigenvalue weighted by Gasteiger charge is -2.26. The van der Waals surface area contributed by atoms with Gasteiger partial charge in [-0.2, -0.15) is 5.26 Å². The van der Waals surface area contributed by atoms with Crippen LogP contribution in [0.3, 0.4) is 0 Å². The highest BCUT2D eigenvalue weighted by atomic mass is 16.2. The van der Waals surface area contributed by atoms with Crippen molar-refractivity contribution >= 4 is 11.8 Å². The van der Waals surface area contributed by atoms with Gasteiger partial charge in [0, 0.05) is 6.04 Å². The lowest BCUT2D eigenvalue weighted by atomic mass is 9.87. The highest BCUT2D eigenvalue weighted by Gasteiger charge is 2.22. The van der Waals surface area contributed by atoms with Gasteiger partial charge in [0.05, 0.1) is 6.07 Å². The van der Waals surface area contributed by atoms with E-state index in [-0.39, 0.29) is 12.6 Å². The Morgan fingerprint density at radius 1 is 1.25 bits per heavy atom. The van der Waals surface area contributed by atoms with Crippen LogP contribution in [0.5, 0.6) is 0 Å². The van der Waals surface area contributed by atoms with Gasteiger partial charge in [0.25, 0.3) is 0 Å². The first-order chi connectivity index (χ1) is 7.63. The molecule has 0 heterocycles. The van der Waals surface area contributed by atoms with Gasteiger partial charge in [-0.05, 0) is 31.6 Å². The van der Waals surface area contributed by atoms with Crippen molar-refractivity contribution in [1.29, 1.82) is 5.26 Å². The second kappa shape index (κ2) is 6.11. The van der Waals surface area contributed by atoms with Crippen LogP contribution in [0.25, 0.3) is 0 Å². The molecule has 2 N–H and O–H groups in total. The molecular formula is C11H17N3O2. The topological polar surface area (TPSA) is 82.0 Å². The van der Waals surface area contributed by atoms with E-state index in [0.717, 1.165) is 25.7 Å². The Bertz CT molecular complexity index is 301. The van der Waals surface area contributed by atoms with Crippen molar-refractivity contribution < 1.29 is 9.59 Å². The molecule has 0 aliphatic heterocycles. The number of hydrogen-bond acceptors (Lipinski definition) is 3. The van der Waals surface area contributed by atoms with Crippen LogP contribution in [0, 0.1) is 17.2 Å². The predicted molar refractivity (Wildman–Crippen MR) is 58.2 cm³/mol. The predicted octanol–water partition coefficient (Wildman–Crippen LogP) is 0.321. The molecule has 88 valence electrons. The third-order valence-electron chi connectivity index (χ3n) is 2.89. The molecule has 1 aliphatic rings. The van der Waals surface area contributed by atoms with Gasteiger partial charge in [-0.25, -0.2) is 0 Å². The van der Waals surface area contributed by atoms with Gasteiger partial charge in [0.2, 0.25) is 0 Å². The summed E-state index contributed by atoms with van der Waals surface area (Å²) in [6.07, 6.45) is 4.03. The van der Waals surface area contributed by atoms with Crippen molar-refractivity contribution in [2.24, 2.45) is 5.92 Å². The first kappa shape index (κ1) is 12.5. The van der Waals surface area contributed by atoms with Crippen molar-refractivity contribution in [3.63, 3.8) is 0 Å². The quantitative estimate of drug-likeness (QED) is 0.522. The molecule has 0 bridgehead atoms. The van der Waals surface area contributed by atoms with Crippen molar-refractivity contribution in [2.45, 2.75) is 38.6 Å². The first-order valence-electron chi connectivity index (χ1n) is 5.59. The minimum Gasteiger partial charge on any atom is -0.345 e. The van der Waals surface area contributed by atoms with E-state index in [4.69, 9.17) is 5.26 Å². The van der Waals surface area contributed by atoms with Gasteiger partial charge < -0.3 is 10.6 Å². The number of rotatable bonds is 2. The largest absolute Gasteiger partial charge is 0.345 e. The maximum absolute atomic E-state index is 11.4. The Hall–Kier alpha value is -1.57. The van der Waals surface area contributed by atoms with Crippen LogP contribution >= 0.6 is 0 Å². The summed E-state index contributed by atoms with van der Waals surface area (Å²) in [5.41, 5.74) is 0. The van der Waals surface area contributed by atoms with Crippen molar-refractivity contribution in [2.75, 3.05) is 6.54 Å². The SMILES string of the molecule is CC1CCC(NC(=O)C(=O)NCC#N)CC1. The molecule has 0 atom stereocenters. The molecule has 16 heavy (non-hydrogen) atoms. The Labute approximate surface area is 95.2 Å². The minimum absolute atomic E-state index is 0.108. The van der Waals surface area contributed by atoms with Crippen molar-refractivity contribution in [1.82, 2.24) is 10.6 Å². The smallest absolute Gasteiger partial charge is 0.310 e. The Balaban J connectivity index is 2.29. The van der Waals surface area contributed by atoms with Gasteiger partial charge in [-0.3, -0.25) is 9.59 Å². The standard InChI is InChI=1S/C11H17N3O2/c1-8-2-4-9(5-3-8)14-11(16)10(15)13-7-6-12/h8-9H,2-5,7H2,1H3,(H,13,15)(H,14,16). The summed E-state index contributed by atoms with van der Waals surface area (Å²) in [5, 5.41) is 13.2. The molecule has 5 nitrogen and oxygen atoms in total. The lowest BCUT2D eigenvalue weighted by molar-refractivity contribution is -0.139. The highest BCUT2D eigenvalue weighted by molar-refractivity contribution is 6.35. The average molecular weight is 223 g/mol. The summed E-state index contributed by atoms with van der Waals surface area (Å²) < 4.78 is 0. The van der Waals surface area contributed by atoms with E-state index in [1.807, 2.05) is 0 Å². The van der Waals surface area contributed by atoms with Crippen LogP contribution < -0.4 is 10.6 Å². The number of carbonyl (C=O) groups is 2. The number of nitriles is 1. The van der Waals surface area contributed by atoms with Crippen LogP contribution in [0.2, 0.25) is 0 Å². The van der Waals surface area contributed by atoms with E-state index in [0.29, 0.717) is 5.92 Å². The molecular weight excluding hydrogens is 206 g/mol. The molecule has 0 radical (unpaired) electrons. The van der Waals surface area contributed by atoms with E-state index in [1.54, 1.807) is 6.07 Å². The van der Waals surface area contributed by atoms with Gasteiger partial charge in [0.1, 0.15) is 6.54 Å². The summed E-state index contributed by atoms with van der Waals surface area (Å²) in [6.45, 7) is 2.06. The zero-order valence-electron chi connectivity index (χ0n) is 9.45. The average Bonchev–Trinajstić information content (AvgIpc) is 2.29. The molecule has 0 spiro atoms. The molecule has 1 saturated carbocycles. The fraction of sp³-hybridized carbons (Fsp3) is 0.727. The monoisotopic (exact) mass is 223 g/mol. The van der Waals surface area contributed by atoms with Gasteiger partial charge in [-0.15, -0.1) is 0 Å². The molecule has 0 aromatic carbocycles. The molecule has 0 unspecified atom stereocenters. The molecule has 1 rings (SSSR count). The van der Waals surface area contributed by atoms with Crippen LogP contribution in [0.15, 0.2) is 0 Å². The Morgan fingerprint density at radius 3 is 2.44 bits per heavy atom. The number of amides is 2. The number of nitrogens with one attached hydrogen (secondary N) is 2. The summed E-state index contributed by atoms with van der Waals surface area (Å²) in [7, 11) is 0. The molecule has 1 aliphatic carbocycles. The Morgan fingerprint density at radius 2 is 1.88 bits per heavy atom. The summed E-state index contributed by atoms with van der Waals surface area (Å²) >= 11 is 0. The van der Waals surface area contributed by atoms with E-state index in [1.165, 1.54) is 0 Å². The normalized spacial score (nSPS) is 24.2. The number of carbonyl (C=O) groups excluding carboxylic acids is 2. The molecule has 0 aromatic rings. The van der Waals surface area contributed by atoms with Gasteiger partial charge in [-0.1, -0.05) is 6.92 Å². The van der Waals surface area contributed by atoms with E-state index < -0.39 is 11.8 Å². The Kier molecular flexibility index (Phi) is 4.77. The number of hydrogen-bond donors (Lipinski definition) is 2. The third-order valence-corrected chi connectivity index (χ3v) is 2.89. The number of nitrogens with zero attached hydrogens (tertiary/aromatic N) is 1. The fourth-order valence-corrected chi connectivity index (χ4v) is 1.86. The summed E-state index contributed by atoms with van der Waals surface area (Å²) in [6, 6.07) is 1.86. The molecule has 5 heteroatoms. The minimum atomic E-state index is -0.722. The summed E-state index contributed by atoms with van der Waals surface area (Å²) in [4.78, 5) is 22.5. The van der Waals surface area contributed by atoms with E-state index >= 15 is 0 Å². The third kappa shape index (κ3) is 3.89. The van der Waals surface area contributed by atoms with E-state index in [2.05, 4.69) is 17.6 Å². The van der Waals surface area contributed by atoms with Crippen LogP contribution in [0.4, 0.5) is 0 Å². The highest BCUT2D eigenvalue weighted by Crippen LogP contribution is 2.23. The van der Waals surface area contributed by atoms with Crippen LogP contribution in [-0.4, -0.2) is 24.4 Å². The van der Waals surface area contributed by atoms with Gasteiger partial charge in [0.15, 0.2) is 0 Å². The lowest BCUT2D eigenvalue weighted by Crippen LogP contribution is -2.45. The molecule has 2 amide bonds. The van der Waals surface area contributed by atoms with Gasteiger partial charge >= 0.3 is 11.8 Å². The second-order valence-electron chi connectivity index (χ2n) is 4.27. The zero-order valence-corrected chi connectivity index (χ0v) is 9.45. The van der Waals surface area contributed by atoms with Crippen molar-refractivity contribution in [3.8, 4) is 6.07 Å². The molecule has 0 aromatic heterocycles. The molecule has 1 fully saturated rings. The van der Waals surface area contributed by atoms with Crippen LogP contribution in [-0.2, 0) is 9.59 Å². The zero-order chi connectivity index (χ0) is 12.0. The maximum Gasteiger partial charge on any atom is 0.310 e. The van der Waals surface area contributed by atoms with E-state index in [9.17, 15) is 9.59 Å². The molecule has 0 saturated heterocycles. The maximum atomic E-state index is 11.4. The van der Waals surface area contributed by atoms with Crippen molar-refractivity contribution in [3.05, 3.63) is 0 Å².